The van der Waals surface area contributed by atoms with Crippen LogP contribution >= 0.6 is 23.1 Å². The summed E-state index contributed by atoms with van der Waals surface area (Å²) in [5.74, 6) is 7.60. The van der Waals surface area contributed by atoms with Crippen molar-refractivity contribution >= 4 is 45.8 Å². The van der Waals surface area contributed by atoms with E-state index in [0.717, 1.165) is 32.0 Å². The zero-order valence-corrected chi connectivity index (χ0v) is 18.7. The Morgan fingerprint density at radius 3 is 2.87 bits per heavy atom. The lowest BCUT2D eigenvalue weighted by molar-refractivity contribution is -0.116. The summed E-state index contributed by atoms with van der Waals surface area (Å²) in [4.78, 5) is 29.7. The van der Waals surface area contributed by atoms with Gasteiger partial charge in [-0.25, -0.2) is 15.0 Å². The topological polar surface area (TPSA) is 110 Å². The molecule has 2 aromatic rings. The largest absolute Gasteiger partial charge is 0.354 e. The minimum atomic E-state index is -0.248. The minimum Gasteiger partial charge on any atom is -0.354 e. The fraction of sp³-hybridized carbons (Fsp3) is 0.350. The lowest BCUT2D eigenvalue weighted by Crippen LogP contribution is -2.44. The van der Waals surface area contributed by atoms with Crippen LogP contribution in [0.4, 0.5) is 16.8 Å². The number of rotatable bonds is 7. The Balaban J connectivity index is 1.71. The van der Waals surface area contributed by atoms with Crippen LogP contribution in [0.25, 0.3) is 0 Å². The Hall–Kier alpha value is -3.12. The third-order valence-corrected chi connectivity index (χ3v) is 5.85. The summed E-state index contributed by atoms with van der Waals surface area (Å²) in [5.41, 5.74) is 0. The molecule has 0 aliphatic carbocycles. The Morgan fingerprint density at radius 1 is 1.35 bits per heavy atom. The maximum atomic E-state index is 11.1. The van der Waals surface area contributed by atoms with Crippen LogP contribution in [0.2, 0.25) is 0 Å². The number of thioether (sulfide) groups is 1. The molecule has 0 aromatic carbocycles. The van der Waals surface area contributed by atoms with E-state index in [1.807, 2.05) is 6.07 Å². The van der Waals surface area contributed by atoms with Crippen molar-refractivity contribution in [2.24, 2.45) is 0 Å². The Labute approximate surface area is 189 Å². The third kappa shape index (κ3) is 6.96. The summed E-state index contributed by atoms with van der Waals surface area (Å²) in [6.45, 7) is 7.37. The molecule has 3 heterocycles. The van der Waals surface area contributed by atoms with Gasteiger partial charge in [-0.15, -0.1) is 0 Å². The van der Waals surface area contributed by atoms with E-state index in [2.05, 4.69) is 61.9 Å². The molecule has 1 aliphatic heterocycles. The van der Waals surface area contributed by atoms with Gasteiger partial charge in [-0.2, -0.15) is 5.26 Å². The van der Waals surface area contributed by atoms with Crippen LogP contribution in [0.15, 0.2) is 30.1 Å². The number of nitrogens with zero attached hydrogens (tertiary/aromatic N) is 6. The Bertz CT molecular complexity index is 1030. The first-order valence-corrected chi connectivity index (χ1v) is 11.3. The van der Waals surface area contributed by atoms with Gasteiger partial charge in [-0.1, -0.05) is 41.5 Å². The van der Waals surface area contributed by atoms with Crippen molar-refractivity contribution in [2.45, 2.75) is 5.16 Å². The van der Waals surface area contributed by atoms with Gasteiger partial charge < -0.3 is 20.4 Å². The third-order valence-electron chi connectivity index (χ3n) is 4.31. The summed E-state index contributed by atoms with van der Waals surface area (Å²) < 4.78 is 0. The van der Waals surface area contributed by atoms with Crippen molar-refractivity contribution in [2.75, 3.05) is 55.7 Å². The van der Waals surface area contributed by atoms with Gasteiger partial charge in [-0.05, 0) is 13.1 Å². The number of likely N-dealkylation sites (N-methyl/N-ethyl adjacent to an activating group) is 1. The van der Waals surface area contributed by atoms with Crippen molar-refractivity contribution in [1.29, 1.82) is 5.26 Å². The second-order valence-corrected chi connectivity index (χ2v) is 8.49. The lowest BCUT2D eigenvalue weighted by atomic mass is 10.3. The highest BCUT2D eigenvalue weighted by atomic mass is 32.2. The summed E-state index contributed by atoms with van der Waals surface area (Å²) in [7, 11) is 2.11. The highest BCUT2D eigenvalue weighted by Crippen LogP contribution is 2.26. The number of thiazole rings is 1. The lowest BCUT2D eigenvalue weighted by Gasteiger charge is -2.33. The van der Waals surface area contributed by atoms with Crippen LogP contribution in [0.3, 0.4) is 0 Å². The molecule has 0 bridgehead atoms. The monoisotopic (exact) mass is 454 g/mol. The van der Waals surface area contributed by atoms with E-state index in [4.69, 9.17) is 10.2 Å². The van der Waals surface area contributed by atoms with E-state index in [1.54, 1.807) is 0 Å². The van der Waals surface area contributed by atoms with Crippen molar-refractivity contribution in [3.63, 3.8) is 0 Å². The molecule has 0 radical (unpaired) electrons. The molecule has 3 rings (SSSR count). The fourth-order valence-electron chi connectivity index (χ4n) is 2.65. The Morgan fingerprint density at radius 2 is 2.16 bits per heavy atom. The number of anilines is 3. The van der Waals surface area contributed by atoms with E-state index >= 15 is 0 Å². The minimum absolute atomic E-state index is 0.248. The highest BCUT2D eigenvalue weighted by Gasteiger charge is 2.17. The zero-order valence-electron chi connectivity index (χ0n) is 17.1. The Kier molecular flexibility index (Phi) is 8.24. The molecule has 1 saturated heterocycles. The second kappa shape index (κ2) is 11.3. The van der Waals surface area contributed by atoms with Crippen LogP contribution in [0, 0.1) is 23.2 Å². The van der Waals surface area contributed by atoms with Gasteiger partial charge in [0.15, 0.2) is 10.3 Å². The number of amides is 1. The number of carbonyl (C=O) groups excluding carboxylic acids is 1. The van der Waals surface area contributed by atoms with Crippen molar-refractivity contribution in [3.05, 3.63) is 29.8 Å². The van der Waals surface area contributed by atoms with Gasteiger partial charge in [0.05, 0.1) is 18.5 Å². The number of aromatic nitrogens is 3. The number of hydrogen-bond donors (Lipinski definition) is 2. The molecule has 11 heteroatoms. The van der Waals surface area contributed by atoms with E-state index in [1.165, 1.54) is 35.4 Å². The molecule has 2 N–H and O–H groups in total. The van der Waals surface area contributed by atoms with Crippen LogP contribution < -0.4 is 15.5 Å². The van der Waals surface area contributed by atoms with Crippen LogP contribution in [-0.2, 0) is 4.79 Å². The second-order valence-electron chi connectivity index (χ2n) is 6.51. The van der Waals surface area contributed by atoms with Crippen molar-refractivity contribution < 1.29 is 4.79 Å². The zero-order chi connectivity index (χ0) is 22.1. The molecule has 160 valence electrons. The van der Waals surface area contributed by atoms with Crippen molar-refractivity contribution in [1.82, 2.24) is 25.2 Å². The van der Waals surface area contributed by atoms with Gasteiger partial charge in [0, 0.05) is 32.2 Å². The molecular formula is C20H22N8OS2. The first-order chi connectivity index (χ1) is 15.1. The molecular weight excluding hydrogens is 432 g/mol. The standard InChI is InChI=1S/C20H22N8OS2/c1-3-18(29)22-6-4-5-11-30-20-25-16(24-19-23-14-15(13-21)31-19)12-17(26-20)28-9-7-27(2)8-10-28/h3,12,14H,1,6-11H2,2H3,(H,22,29)(H,23,24,25,26). The predicted octanol–water partition coefficient (Wildman–Crippen LogP) is 1.70. The number of piperazine rings is 1. The van der Waals surface area contributed by atoms with Crippen LogP contribution in [0.5, 0.6) is 0 Å². The molecule has 1 aliphatic rings. The molecule has 31 heavy (non-hydrogen) atoms. The summed E-state index contributed by atoms with van der Waals surface area (Å²) in [6, 6.07) is 3.99. The molecule has 0 unspecified atom stereocenters. The van der Waals surface area contributed by atoms with Gasteiger partial charge >= 0.3 is 0 Å². The average molecular weight is 455 g/mol. The van der Waals surface area contributed by atoms with Crippen LogP contribution in [0.1, 0.15) is 4.88 Å². The average Bonchev–Trinajstić information content (AvgIpc) is 3.23. The van der Waals surface area contributed by atoms with Gasteiger partial charge in [0.2, 0.25) is 5.91 Å². The maximum absolute atomic E-state index is 11.1. The number of carbonyl (C=O) groups is 1. The van der Waals surface area contributed by atoms with Gasteiger partial charge in [-0.3, -0.25) is 4.79 Å². The van der Waals surface area contributed by atoms with Crippen LogP contribution in [-0.4, -0.2) is 71.3 Å². The van der Waals surface area contributed by atoms with E-state index in [-0.39, 0.29) is 12.5 Å². The first-order valence-electron chi connectivity index (χ1n) is 9.51. The van der Waals surface area contributed by atoms with E-state index < -0.39 is 0 Å². The molecule has 0 atom stereocenters. The quantitative estimate of drug-likeness (QED) is 0.279. The SMILES string of the molecule is C=CC(=O)NCC#CCSc1nc(Nc2ncc(C#N)s2)cc(N2CCN(C)CC2)n1. The highest BCUT2D eigenvalue weighted by molar-refractivity contribution is 7.99. The normalized spacial score (nSPS) is 13.6. The van der Waals surface area contributed by atoms with E-state index in [9.17, 15) is 4.79 Å². The summed E-state index contributed by atoms with van der Waals surface area (Å²) >= 11 is 2.69. The van der Waals surface area contributed by atoms with Crippen molar-refractivity contribution in [3.8, 4) is 17.9 Å². The predicted molar refractivity (Wildman–Crippen MR) is 124 cm³/mol. The maximum Gasteiger partial charge on any atom is 0.244 e. The molecule has 1 amide bonds. The fourth-order valence-corrected chi connectivity index (χ4v) is 3.89. The summed E-state index contributed by atoms with van der Waals surface area (Å²) in [6.07, 6.45) is 2.75. The number of hydrogen-bond acceptors (Lipinski definition) is 10. The molecule has 1 fully saturated rings. The summed E-state index contributed by atoms with van der Waals surface area (Å²) in [5, 5.41) is 16.0. The molecule has 9 nitrogen and oxygen atoms in total. The molecule has 2 aromatic heterocycles. The molecule has 0 spiro atoms. The number of nitrogens with one attached hydrogen (secondary N) is 2. The molecule has 0 saturated carbocycles. The van der Waals surface area contributed by atoms with E-state index in [0.29, 0.717) is 26.7 Å². The number of nitriles is 1. The van der Waals surface area contributed by atoms with Gasteiger partial charge in [0.25, 0.3) is 0 Å². The smallest absolute Gasteiger partial charge is 0.244 e. The van der Waals surface area contributed by atoms with Gasteiger partial charge in [0.1, 0.15) is 22.6 Å². The first kappa shape index (κ1) is 22.6.